The van der Waals surface area contributed by atoms with E-state index in [2.05, 4.69) is 15.5 Å². The van der Waals surface area contributed by atoms with E-state index in [1.165, 1.54) is 6.42 Å². The molecule has 0 aromatic heterocycles. The second kappa shape index (κ2) is 8.42. The quantitative estimate of drug-likeness (QED) is 0.620. The molecule has 1 saturated heterocycles. The molecule has 0 bridgehead atoms. The fourth-order valence-electron chi connectivity index (χ4n) is 4.23. The third-order valence-electron chi connectivity index (χ3n) is 6.12. The Labute approximate surface area is 182 Å². The van der Waals surface area contributed by atoms with Gasteiger partial charge in [-0.05, 0) is 73.2 Å². The van der Waals surface area contributed by atoms with Gasteiger partial charge >= 0.3 is 0 Å². The Bertz CT molecular complexity index is 1130. The molecule has 1 aliphatic carbocycles. The zero-order chi connectivity index (χ0) is 21.2. The summed E-state index contributed by atoms with van der Waals surface area (Å²) in [5.74, 6) is -0.227. The molecule has 3 aromatic rings. The van der Waals surface area contributed by atoms with Crippen molar-refractivity contribution in [2.45, 2.75) is 38.1 Å². The molecule has 2 fully saturated rings. The van der Waals surface area contributed by atoms with Crippen molar-refractivity contribution in [3.8, 4) is 0 Å². The molecule has 3 aromatic carbocycles. The molecule has 1 aliphatic heterocycles. The second-order valence-electron chi connectivity index (χ2n) is 8.54. The minimum Gasteiger partial charge on any atom is -0.371 e. The summed E-state index contributed by atoms with van der Waals surface area (Å²) in [5, 5.41) is 8.21. The van der Waals surface area contributed by atoms with E-state index in [9.17, 15) is 9.59 Å². The lowest BCUT2D eigenvalue weighted by Crippen LogP contribution is -2.33. The summed E-state index contributed by atoms with van der Waals surface area (Å²) in [7, 11) is 0. The summed E-state index contributed by atoms with van der Waals surface area (Å²) in [6.45, 7) is 1.93. The molecular weight excluding hydrogens is 386 g/mol. The number of hydrogen-bond acceptors (Lipinski definition) is 3. The van der Waals surface area contributed by atoms with Crippen molar-refractivity contribution >= 4 is 34.0 Å². The van der Waals surface area contributed by atoms with Crippen LogP contribution in [-0.2, 0) is 0 Å². The summed E-state index contributed by atoms with van der Waals surface area (Å²) < 4.78 is 0. The first kappa shape index (κ1) is 19.6. The second-order valence-corrected chi connectivity index (χ2v) is 8.54. The number of carbonyl (C=O) groups is 2. The average molecular weight is 414 g/mol. The van der Waals surface area contributed by atoms with Gasteiger partial charge in [0.15, 0.2) is 0 Å². The number of hydrogen-bond donors (Lipinski definition) is 2. The van der Waals surface area contributed by atoms with Gasteiger partial charge in [0, 0.05) is 36.1 Å². The molecular formula is C26H27N3O2. The van der Waals surface area contributed by atoms with E-state index in [-0.39, 0.29) is 17.9 Å². The zero-order valence-corrected chi connectivity index (χ0v) is 17.6. The van der Waals surface area contributed by atoms with Gasteiger partial charge in [-0.1, -0.05) is 30.3 Å². The van der Waals surface area contributed by atoms with Gasteiger partial charge in [-0.2, -0.15) is 0 Å². The standard InChI is InChI=1S/C26H27N3O2/c30-25(20-9-8-18-6-2-3-7-19(18)16-20)28-22-12-13-24(29-14-4-1-5-15-29)23(17-22)26(31)27-21-10-11-21/h2-3,6-9,12-13,16-17,21H,1,4-5,10-11,14-15H2,(H,27,31)(H,28,30). The van der Waals surface area contributed by atoms with Crippen LogP contribution in [0.2, 0.25) is 0 Å². The van der Waals surface area contributed by atoms with Crippen LogP contribution in [0.4, 0.5) is 11.4 Å². The van der Waals surface area contributed by atoms with Crippen molar-refractivity contribution in [2.75, 3.05) is 23.3 Å². The minimum atomic E-state index is -0.176. The number of anilines is 2. The molecule has 2 aliphatic rings. The maximum atomic E-state index is 13.0. The van der Waals surface area contributed by atoms with E-state index in [1.54, 1.807) is 0 Å². The summed E-state index contributed by atoms with van der Waals surface area (Å²) >= 11 is 0. The van der Waals surface area contributed by atoms with Crippen LogP contribution in [0.5, 0.6) is 0 Å². The van der Waals surface area contributed by atoms with Crippen molar-refractivity contribution in [1.82, 2.24) is 5.32 Å². The number of fused-ring (bicyclic) bond motifs is 1. The Morgan fingerprint density at radius 1 is 0.806 bits per heavy atom. The van der Waals surface area contributed by atoms with Crippen molar-refractivity contribution < 1.29 is 9.59 Å². The van der Waals surface area contributed by atoms with Gasteiger partial charge in [0.1, 0.15) is 0 Å². The van der Waals surface area contributed by atoms with E-state index < -0.39 is 0 Å². The molecule has 1 saturated carbocycles. The highest BCUT2D eigenvalue weighted by Crippen LogP contribution is 2.29. The number of amides is 2. The van der Waals surface area contributed by atoms with Crippen molar-refractivity contribution in [3.05, 3.63) is 71.8 Å². The molecule has 0 unspecified atom stereocenters. The van der Waals surface area contributed by atoms with Crippen LogP contribution in [0.3, 0.4) is 0 Å². The van der Waals surface area contributed by atoms with Crippen LogP contribution in [-0.4, -0.2) is 30.9 Å². The van der Waals surface area contributed by atoms with Crippen molar-refractivity contribution in [2.24, 2.45) is 0 Å². The monoisotopic (exact) mass is 413 g/mol. The molecule has 5 nitrogen and oxygen atoms in total. The number of piperidine rings is 1. The Morgan fingerprint density at radius 2 is 1.58 bits per heavy atom. The molecule has 5 rings (SSSR count). The first-order valence-corrected chi connectivity index (χ1v) is 11.2. The van der Waals surface area contributed by atoms with Gasteiger partial charge in [-0.15, -0.1) is 0 Å². The van der Waals surface area contributed by atoms with Crippen LogP contribution >= 0.6 is 0 Å². The number of benzene rings is 3. The maximum Gasteiger partial charge on any atom is 0.255 e. The average Bonchev–Trinajstić information content (AvgIpc) is 3.63. The smallest absolute Gasteiger partial charge is 0.255 e. The highest BCUT2D eigenvalue weighted by atomic mass is 16.2. The fraction of sp³-hybridized carbons (Fsp3) is 0.308. The van der Waals surface area contributed by atoms with Crippen LogP contribution in [0.15, 0.2) is 60.7 Å². The van der Waals surface area contributed by atoms with Gasteiger partial charge in [0.2, 0.25) is 0 Å². The SMILES string of the molecule is O=C(Nc1ccc(N2CCCCC2)c(C(=O)NC2CC2)c1)c1ccc2ccccc2c1. The first-order chi connectivity index (χ1) is 15.2. The zero-order valence-electron chi connectivity index (χ0n) is 17.6. The number of rotatable bonds is 5. The van der Waals surface area contributed by atoms with Gasteiger partial charge in [-0.25, -0.2) is 0 Å². The molecule has 0 atom stereocenters. The summed E-state index contributed by atoms with van der Waals surface area (Å²) in [5.41, 5.74) is 2.84. The van der Waals surface area contributed by atoms with Crippen LogP contribution < -0.4 is 15.5 Å². The predicted molar refractivity (Wildman–Crippen MR) is 125 cm³/mol. The Kier molecular flexibility index (Phi) is 5.33. The first-order valence-electron chi connectivity index (χ1n) is 11.2. The molecule has 0 radical (unpaired) electrons. The highest BCUT2D eigenvalue weighted by Gasteiger charge is 2.26. The Morgan fingerprint density at radius 3 is 2.35 bits per heavy atom. The minimum absolute atomic E-state index is 0.0510. The number of nitrogens with zero attached hydrogens (tertiary/aromatic N) is 1. The topological polar surface area (TPSA) is 61.4 Å². The Balaban J connectivity index is 1.41. The molecule has 2 N–H and O–H groups in total. The lowest BCUT2D eigenvalue weighted by molar-refractivity contribution is 0.0950. The molecule has 0 spiro atoms. The largest absolute Gasteiger partial charge is 0.371 e. The van der Waals surface area contributed by atoms with E-state index in [4.69, 9.17) is 0 Å². The van der Waals surface area contributed by atoms with Crippen LogP contribution in [0.25, 0.3) is 10.8 Å². The van der Waals surface area contributed by atoms with E-state index in [0.717, 1.165) is 55.2 Å². The normalized spacial score (nSPS) is 16.2. The van der Waals surface area contributed by atoms with E-state index in [0.29, 0.717) is 16.8 Å². The fourth-order valence-corrected chi connectivity index (χ4v) is 4.23. The summed E-state index contributed by atoms with van der Waals surface area (Å²) in [4.78, 5) is 28.1. The van der Waals surface area contributed by atoms with Gasteiger partial charge in [-0.3, -0.25) is 9.59 Å². The molecule has 158 valence electrons. The molecule has 31 heavy (non-hydrogen) atoms. The third-order valence-corrected chi connectivity index (χ3v) is 6.12. The maximum absolute atomic E-state index is 13.0. The van der Waals surface area contributed by atoms with E-state index in [1.807, 2.05) is 60.7 Å². The van der Waals surface area contributed by atoms with Gasteiger partial charge in [0.25, 0.3) is 11.8 Å². The number of nitrogens with one attached hydrogen (secondary N) is 2. The third kappa shape index (κ3) is 4.41. The van der Waals surface area contributed by atoms with Crippen LogP contribution in [0.1, 0.15) is 52.8 Å². The predicted octanol–water partition coefficient (Wildman–Crippen LogP) is 4.97. The van der Waals surface area contributed by atoms with Crippen molar-refractivity contribution in [1.29, 1.82) is 0 Å². The highest BCUT2D eigenvalue weighted by molar-refractivity contribution is 6.08. The lowest BCUT2D eigenvalue weighted by atomic mass is 10.0. The van der Waals surface area contributed by atoms with Crippen LogP contribution in [0, 0.1) is 0 Å². The van der Waals surface area contributed by atoms with Gasteiger partial charge in [0.05, 0.1) is 5.56 Å². The Hall–Kier alpha value is -3.34. The molecule has 5 heteroatoms. The molecule has 1 heterocycles. The summed E-state index contributed by atoms with van der Waals surface area (Å²) in [6.07, 6.45) is 5.61. The van der Waals surface area contributed by atoms with Crippen molar-refractivity contribution in [3.63, 3.8) is 0 Å². The lowest BCUT2D eigenvalue weighted by Gasteiger charge is -2.30. The van der Waals surface area contributed by atoms with Gasteiger partial charge < -0.3 is 15.5 Å². The number of carbonyl (C=O) groups excluding carboxylic acids is 2. The summed E-state index contributed by atoms with van der Waals surface area (Å²) in [6, 6.07) is 19.7. The molecule has 2 amide bonds. The van der Waals surface area contributed by atoms with E-state index >= 15 is 0 Å².